The molecule has 164 valence electrons. The molecule has 0 unspecified atom stereocenters. The van der Waals surface area contributed by atoms with Crippen molar-refractivity contribution in [1.29, 1.82) is 0 Å². The molecule has 3 heterocycles. The molecule has 1 saturated carbocycles. The van der Waals surface area contributed by atoms with Crippen LogP contribution in [-0.2, 0) is 13.0 Å². The molecule has 2 aromatic heterocycles. The Morgan fingerprint density at radius 2 is 1.90 bits per heavy atom. The highest BCUT2D eigenvalue weighted by Crippen LogP contribution is 2.35. The Morgan fingerprint density at radius 1 is 1.23 bits per heavy atom. The van der Waals surface area contributed by atoms with Crippen LogP contribution in [0.5, 0.6) is 5.88 Å². The van der Waals surface area contributed by atoms with E-state index >= 15 is 0 Å². The minimum absolute atomic E-state index is 0.0343. The van der Waals surface area contributed by atoms with Gasteiger partial charge in [-0.25, -0.2) is 0 Å². The lowest BCUT2D eigenvalue weighted by Gasteiger charge is -2.23. The van der Waals surface area contributed by atoms with Gasteiger partial charge in [-0.15, -0.1) is 5.10 Å². The summed E-state index contributed by atoms with van der Waals surface area (Å²) in [6.07, 6.45) is -2.57. The lowest BCUT2D eigenvalue weighted by atomic mass is 9.96. The zero-order valence-electron chi connectivity index (χ0n) is 17.0. The van der Waals surface area contributed by atoms with Crippen molar-refractivity contribution in [2.45, 2.75) is 58.8 Å². The second kappa shape index (κ2) is 6.64. The predicted molar refractivity (Wildman–Crippen MR) is 103 cm³/mol. The molecular weight excluding hydrogens is 403 g/mol. The molecule has 8 nitrogen and oxygen atoms in total. The molecular formula is C19H24F3N5O3. The molecule has 2 aliphatic rings. The quantitative estimate of drug-likeness (QED) is 0.780. The Kier molecular flexibility index (Phi) is 4.55. The fourth-order valence-corrected chi connectivity index (χ4v) is 3.79. The normalized spacial score (nSPS) is 16.9. The van der Waals surface area contributed by atoms with Crippen LogP contribution in [0, 0.1) is 5.41 Å². The van der Waals surface area contributed by atoms with Gasteiger partial charge in [-0.05, 0) is 24.7 Å². The first-order valence-corrected chi connectivity index (χ1v) is 9.85. The minimum Gasteiger partial charge on any atom is -0.494 e. The van der Waals surface area contributed by atoms with E-state index in [0.29, 0.717) is 5.56 Å². The second-order valence-electron chi connectivity index (χ2n) is 9.22. The number of carbonyl (C=O) groups excluding carboxylic acids is 1. The summed E-state index contributed by atoms with van der Waals surface area (Å²) in [5, 5.41) is 17.7. The summed E-state index contributed by atoms with van der Waals surface area (Å²) < 4.78 is 41.3. The molecule has 2 N–H and O–H groups in total. The van der Waals surface area contributed by atoms with E-state index in [2.05, 4.69) is 10.4 Å². The number of hydrogen-bond acceptors (Lipinski definition) is 5. The van der Waals surface area contributed by atoms with Crippen LogP contribution in [0.25, 0.3) is 5.65 Å². The molecule has 0 bridgehead atoms. The van der Waals surface area contributed by atoms with Gasteiger partial charge in [-0.2, -0.15) is 17.7 Å². The molecule has 2 aromatic rings. The molecule has 0 saturated heterocycles. The number of alkyl halides is 3. The van der Waals surface area contributed by atoms with Crippen molar-refractivity contribution in [3.63, 3.8) is 0 Å². The Labute approximate surface area is 170 Å². The molecule has 0 spiro atoms. The number of rotatable bonds is 4. The second-order valence-corrected chi connectivity index (χ2v) is 9.22. The van der Waals surface area contributed by atoms with Crippen molar-refractivity contribution in [2.24, 2.45) is 5.41 Å². The molecule has 1 amide bonds. The van der Waals surface area contributed by atoms with Crippen LogP contribution in [0.1, 0.15) is 49.5 Å². The van der Waals surface area contributed by atoms with Crippen LogP contribution in [0.15, 0.2) is 4.79 Å². The largest absolute Gasteiger partial charge is 0.494 e. The maximum Gasteiger partial charge on any atom is 0.405 e. The molecule has 30 heavy (non-hydrogen) atoms. The van der Waals surface area contributed by atoms with Gasteiger partial charge < -0.3 is 15.3 Å². The van der Waals surface area contributed by atoms with E-state index in [1.165, 1.54) is 4.57 Å². The van der Waals surface area contributed by atoms with Crippen molar-refractivity contribution in [3.05, 3.63) is 21.5 Å². The van der Waals surface area contributed by atoms with Crippen molar-refractivity contribution >= 4 is 17.4 Å². The van der Waals surface area contributed by atoms with Gasteiger partial charge in [0.15, 0.2) is 11.4 Å². The fourth-order valence-electron chi connectivity index (χ4n) is 3.79. The zero-order chi connectivity index (χ0) is 22.0. The molecule has 1 fully saturated rings. The number of hydrogen-bond donors (Lipinski definition) is 2. The van der Waals surface area contributed by atoms with Gasteiger partial charge in [0.05, 0.1) is 0 Å². The number of fused-ring (bicyclic) bond motifs is 3. The van der Waals surface area contributed by atoms with Gasteiger partial charge in [0.1, 0.15) is 12.2 Å². The first-order valence-electron chi connectivity index (χ1n) is 9.85. The molecule has 0 radical (unpaired) electrons. The summed E-state index contributed by atoms with van der Waals surface area (Å²) in [4.78, 5) is 26.7. The van der Waals surface area contributed by atoms with Gasteiger partial charge in [-0.1, -0.05) is 20.8 Å². The number of anilines is 1. The summed E-state index contributed by atoms with van der Waals surface area (Å²) in [6.45, 7) is 4.91. The Morgan fingerprint density at radius 3 is 2.47 bits per heavy atom. The lowest BCUT2D eigenvalue weighted by Crippen LogP contribution is -2.36. The average molecular weight is 427 g/mol. The van der Waals surface area contributed by atoms with Crippen LogP contribution in [0.2, 0.25) is 0 Å². The first kappa shape index (κ1) is 20.5. The molecule has 1 aliphatic heterocycles. The smallest absolute Gasteiger partial charge is 0.405 e. The maximum atomic E-state index is 13.0. The zero-order valence-corrected chi connectivity index (χ0v) is 17.0. The average Bonchev–Trinajstić information content (AvgIpc) is 3.19. The van der Waals surface area contributed by atoms with E-state index in [-0.39, 0.29) is 42.4 Å². The number of carbonyl (C=O) groups is 1. The van der Waals surface area contributed by atoms with E-state index in [9.17, 15) is 27.9 Å². The highest BCUT2D eigenvalue weighted by atomic mass is 19.4. The summed E-state index contributed by atoms with van der Waals surface area (Å²) in [5.74, 6) is -1.13. The highest BCUT2D eigenvalue weighted by molar-refractivity contribution is 5.96. The van der Waals surface area contributed by atoms with E-state index in [1.54, 1.807) is 0 Å². The van der Waals surface area contributed by atoms with Crippen molar-refractivity contribution in [3.8, 4) is 5.88 Å². The third-order valence-corrected chi connectivity index (χ3v) is 5.15. The van der Waals surface area contributed by atoms with Crippen LogP contribution >= 0.6 is 0 Å². The third kappa shape index (κ3) is 3.72. The Hall–Kier alpha value is -2.72. The summed E-state index contributed by atoms with van der Waals surface area (Å²) >= 11 is 0. The third-order valence-electron chi connectivity index (χ3n) is 5.15. The Bertz CT molecular complexity index is 1080. The van der Waals surface area contributed by atoms with E-state index in [1.807, 2.05) is 20.8 Å². The van der Waals surface area contributed by atoms with Crippen molar-refractivity contribution < 1.29 is 23.1 Å². The van der Waals surface area contributed by atoms with E-state index < -0.39 is 35.6 Å². The molecule has 0 atom stereocenters. The molecule has 0 aromatic carbocycles. The number of nitrogens with zero attached hydrogens (tertiary/aromatic N) is 4. The monoisotopic (exact) mass is 427 g/mol. The standard InChI is InChI=1S/C19H24F3N5O3/c1-18(2,3)8-26-15-11-6-7-25(9-19(20,21)22)13(11)24-27(15)17(30)12(16(26)29)14(28)23-10-4-5-10/h10,29H,4-9H2,1-3H3,(H,23,28). The lowest BCUT2D eigenvalue weighted by molar-refractivity contribution is -0.119. The maximum absolute atomic E-state index is 13.0. The van der Waals surface area contributed by atoms with Crippen LogP contribution in [0.3, 0.4) is 0 Å². The van der Waals surface area contributed by atoms with Crippen LogP contribution in [-0.4, -0.2) is 50.5 Å². The summed E-state index contributed by atoms with van der Waals surface area (Å²) in [5.41, 5.74) is -0.937. The van der Waals surface area contributed by atoms with Crippen molar-refractivity contribution in [1.82, 2.24) is 19.5 Å². The first-order chi connectivity index (χ1) is 13.9. The summed E-state index contributed by atoms with van der Waals surface area (Å²) in [7, 11) is 0. The number of aromatic nitrogens is 3. The van der Waals surface area contributed by atoms with Gasteiger partial charge in [0.25, 0.3) is 11.5 Å². The van der Waals surface area contributed by atoms with Gasteiger partial charge >= 0.3 is 6.18 Å². The summed E-state index contributed by atoms with van der Waals surface area (Å²) in [6, 6.07) is -0.0343. The number of nitrogens with one attached hydrogen (secondary N) is 1. The SMILES string of the molecule is CC(C)(C)Cn1c(O)c(C(=O)NC2CC2)c(=O)n2nc3c(c12)CCN3CC(F)(F)F. The predicted octanol–water partition coefficient (Wildman–Crippen LogP) is 2.06. The molecule has 11 heteroatoms. The highest BCUT2D eigenvalue weighted by Gasteiger charge is 2.38. The molecule has 1 aliphatic carbocycles. The Balaban J connectivity index is 1.92. The van der Waals surface area contributed by atoms with Crippen LogP contribution in [0.4, 0.5) is 19.0 Å². The van der Waals surface area contributed by atoms with Crippen LogP contribution < -0.4 is 15.8 Å². The van der Waals surface area contributed by atoms with Gasteiger partial charge in [-0.3, -0.25) is 14.2 Å². The minimum atomic E-state index is -4.42. The fraction of sp³-hybridized carbons (Fsp3) is 0.632. The van der Waals surface area contributed by atoms with E-state index in [0.717, 1.165) is 22.3 Å². The molecule has 4 rings (SSSR count). The number of aromatic hydroxyl groups is 1. The van der Waals surface area contributed by atoms with Gasteiger partial charge in [0, 0.05) is 24.7 Å². The number of amides is 1. The van der Waals surface area contributed by atoms with Crippen molar-refractivity contribution in [2.75, 3.05) is 18.0 Å². The van der Waals surface area contributed by atoms with E-state index in [4.69, 9.17) is 0 Å². The van der Waals surface area contributed by atoms with Gasteiger partial charge in [0.2, 0.25) is 5.88 Å². The number of halogens is 3. The topological polar surface area (TPSA) is 91.9 Å².